The Kier molecular flexibility index (Phi) is 5.16. The van der Waals surface area contributed by atoms with Crippen molar-refractivity contribution in [3.05, 3.63) is 35.4 Å². The van der Waals surface area contributed by atoms with Gasteiger partial charge in [0.2, 0.25) is 0 Å². The molecule has 0 aromatic heterocycles. The van der Waals surface area contributed by atoms with Crippen LogP contribution < -0.4 is 5.32 Å². The fourth-order valence-corrected chi connectivity index (χ4v) is 1.91. The molecule has 0 aliphatic heterocycles. The van der Waals surface area contributed by atoms with Gasteiger partial charge in [-0.1, -0.05) is 38.1 Å². The molecule has 0 aliphatic carbocycles. The molecule has 0 amide bonds. The van der Waals surface area contributed by atoms with Gasteiger partial charge >= 0.3 is 0 Å². The van der Waals surface area contributed by atoms with Crippen LogP contribution in [0.4, 0.5) is 0 Å². The van der Waals surface area contributed by atoms with Gasteiger partial charge in [0.05, 0.1) is 5.60 Å². The van der Waals surface area contributed by atoms with E-state index in [-0.39, 0.29) is 0 Å². The minimum atomic E-state index is -0.680. The van der Waals surface area contributed by atoms with Gasteiger partial charge in [-0.3, -0.25) is 0 Å². The maximum atomic E-state index is 10.3. The number of aryl methyl sites for hydroxylation is 1. The van der Waals surface area contributed by atoms with Crippen molar-refractivity contribution in [2.45, 2.75) is 39.7 Å². The Morgan fingerprint density at radius 2 is 1.94 bits per heavy atom. The van der Waals surface area contributed by atoms with E-state index in [4.69, 9.17) is 0 Å². The van der Waals surface area contributed by atoms with E-state index in [2.05, 4.69) is 38.2 Å². The molecule has 0 radical (unpaired) electrons. The van der Waals surface area contributed by atoms with Crippen molar-refractivity contribution in [2.24, 2.45) is 5.92 Å². The smallest absolute Gasteiger partial charge is 0.0783 e. The molecule has 2 nitrogen and oxygen atoms in total. The largest absolute Gasteiger partial charge is 0.389 e. The average molecular weight is 235 g/mol. The molecule has 1 unspecified atom stereocenters. The van der Waals surface area contributed by atoms with Gasteiger partial charge in [0, 0.05) is 13.0 Å². The Balaban J connectivity index is 2.51. The van der Waals surface area contributed by atoms with Crippen LogP contribution in [0.1, 0.15) is 31.9 Å². The number of aliphatic hydroxyl groups is 1. The van der Waals surface area contributed by atoms with Crippen molar-refractivity contribution in [2.75, 3.05) is 13.1 Å². The lowest BCUT2D eigenvalue weighted by Gasteiger charge is -2.25. The van der Waals surface area contributed by atoms with E-state index >= 15 is 0 Å². The molecule has 0 aliphatic rings. The molecule has 1 aromatic carbocycles. The number of benzene rings is 1. The highest BCUT2D eigenvalue weighted by Gasteiger charge is 2.21. The number of hydrogen-bond donors (Lipinski definition) is 2. The van der Waals surface area contributed by atoms with E-state index in [1.54, 1.807) is 0 Å². The fourth-order valence-electron chi connectivity index (χ4n) is 1.91. The Bertz CT molecular complexity index is 345. The molecule has 0 saturated heterocycles. The molecule has 0 saturated carbocycles. The molecule has 17 heavy (non-hydrogen) atoms. The van der Waals surface area contributed by atoms with Gasteiger partial charge < -0.3 is 10.4 Å². The Labute approximate surface area is 105 Å². The van der Waals surface area contributed by atoms with Crippen molar-refractivity contribution in [1.29, 1.82) is 0 Å². The second-order valence-electron chi connectivity index (χ2n) is 5.62. The molecular weight excluding hydrogens is 210 g/mol. The molecular formula is C15H25NO. The third-order valence-corrected chi connectivity index (χ3v) is 2.89. The lowest BCUT2D eigenvalue weighted by atomic mass is 9.93. The second kappa shape index (κ2) is 6.18. The van der Waals surface area contributed by atoms with E-state index in [1.165, 1.54) is 11.1 Å². The van der Waals surface area contributed by atoms with Crippen LogP contribution in [-0.4, -0.2) is 23.8 Å². The minimum absolute atomic E-state index is 0.615. The van der Waals surface area contributed by atoms with Gasteiger partial charge in [-0.15, -0.1) is 0 Å². The Morgan fingerprint density at radius 3 is 2.53 bits per heavy atom. The van der Waals surface area contributed by atoms with E-state index in [0.717, 1.165) is 6.54 Å². The summed E-state index contributed by atoms with van der Waals surface area (Å²) in [5.41, 5.74) is 1.79. The first-order valence-electron chi connectivity index (χ1n) is 6.38. The van der Waals surface area contributed by atoms with Gasteiger partial charge in [0.25, 0.3) is 0 Å². The van der Waals surface area contributed by atoms with Crippen LogP contribution in [-0.2, 0) is 6.42 Å². The SMILES string of the molecule is Cc1ccccc1CC(C)(O)CNCC(C)C. The van der Waals surface area contributed by atoms with Gasteiger partial charge in [0.1, 0.15) is 0 Å². The maximum absolute atomic E-state index is 10.3. The van der Waals surface area contributed by atoms with E-state index in [9.17, 15) is 5.11 Å². The summed E-state index contributed by atoms with van der Waals surface area (Å²) in [6.45, 7) is 9.91. The summed E-state index contributed by atoms with van der Waals surface area (Å²) in [6, 6.07) is 8.24. The first-order chi connectivity index (χ1) is 7.91. The normalized spacial score (nSPS) is 14.9. The van der Waals surface area contributed by atoms with Gasteiger partial charge in [0.15, 0.2) is 0 Å². The molecule has 0 bridgehead atoms. The highest BCUT2D eigenvalue weighted by Crippen LogP contribution is 2.15. The number of hydrogen-bond acceptors (Lipinski definition) is 2. The first-order valence-corrected chi connectivity index (χ1v) is 6.38. The van der Waals surface area contributed by atoms with E-state index in [1.807, 2.05) is 19.1 Å². The molecule has 96 valence electrons. The topological polar surface area (TPSA) is 32.3 Å². The summed E-state index contributed by atoms with van der Waals surface area (Å²) >= 11 is 0. The summed E-state index contributed by atoms with van der Waals surface area (Å²) in [4.78, 5) is 0. The lowest BCUT2D eigenvalue weighted by Crippen LogP contribution is -2.41. The highest BCUT2D eigenvalue weighted by molar-refractivity contribution is 5.26. The van der Waals surface area contributed by atoms with Crippen LogP contribution in [0.25, 0.3) is 0 Å². The van der Waals surface area contributed by atoms with Crippen molar-refractivity contribution >= 4 is 0 Å². The summed E-state index contributed by atoms with van der Waals surface area (Å²) in [6.07, 6.45) is 0.699. The zero-order valence-corrected chi connectivity index (χ0v) is 11.5. The molecule has 1 rings (SSSR count). The van der Waals surface area contributed by atoms with Crippen LogP contribution >= 0.6 is 0 Å². The molecule has 0 heterocycles. The van der Waals surface area contributed by atoms with E-state index < -0.39 is 5.60 Å². The average Bonchev–Trinajstić information content (AvgIpc) is 2.20. The lowest BCUT2D eigenvalue weighted by molar-refractivity contribution is 0.0594. The number of nitrogens with one attached hydrogen (secondary N) is 1. The molecule has 2 heteroatoms. The van der Waals surface area contributed by atoms with Crippen molar-refractivity contribution in [1.82, 2.24) is 5.32 Å². The summed E-state index contributed by atoms with van der Waals surface area (Å²) < 4.78 is 0. The Morgan fingerprint density at radius 1 is 1.29 bits per heavy atom. The zero-order valence-electron chi connectivity index (χ0n) is 11.5. The Hall–Kier alpha value is -0.860. The zero-order chi connectivity index (χ0) is 12.9. The first kappa shape index (κ1) is 14.2. The van der Waals surface area contributed by atoms with Crippen LogP contribution in [0.15, 0.2) is 24.3 Å². The quantitative estimate of drug-likeness (QED) is 0.794. The summed E-state index contributed by atoms with van der Waals surface area (Å²) in [5, 5.41) is 13.7. The monoisotopic (exact) mass is 235 g/mol. The van der Waals surface area contributed by atoms with Gasteiger partial charge in [-0.25, -0.2) is 0 Å². The van der Waals surface area contributed by atoms with Crippen molar-refractivity contribution in [3.8, 4) is 0 Å². The second-order valence-corrected chi connectivity index (χ2v) is 5.62. The number of rotatable bonds is 6. The summed E-state index contributed by atoms with van der Waals surface area (Å²) in [7, 11) is 0. The summed E-state index contributed by atoms with van der Waals surface area (Å²) in [5.74, 6) is 0.615. The predicted octanol–water partition coefficient (Wildman–Crippen LogP) is 2.53. The fraction of sp³-hybridized carbons (Fsp3) is 0.600. The van der Waals surface area contributed by atoms with Gasteiger partial charge in [-0.2, -0.15) is 0 Å². The third kappa shape index (κ3) is 5.33. The molecule has 2 N–H and O–H groups in total. The molecule has 0 fully saturated rings. The van der Waals surface area contributed by atoms with Crippen LogP contribution in [0, 0.1) is 12.8 Å². The van der Waals surface area contributed by atoms with E-state index in [0.29, 0.717) is 18.9 Å². The van der Waals surface area contributed by atoms with Crippen LogP contribution in [0.3, 0.4) is 0 Å². The third-order valence-electron chi connectivity index (χ3n) is 2.89. The van der Waals surface area contributed by atoms with Crippen LogP contribution in [0.2, 0.25) is 0 Å². The van der Waals surface area contributed by atoms with Crippen molar-refractivity contribution in [3.63, 3.8) is 0 Å². The molecule has 1 aromatic rings. The molecule has 0 spiro atoms. The van der Waals surface area contributed by atoms with Crippen LogP contribution in [0.5, 0.6) is 0 Å². The standard InChI is InChI=1S/C15H25NO/c1-12(2)10-16-11-15(4,17)9-14-8-6-5-7-13(14)3/h5-8,12,16-17H,9-11H2,1-4H3. The highest BCUT2D eigenvalue weighted by atomic mass is 16.3. The minimum Gasteiger partial charge on any atom is -0.389 e. The maximum Gasteiger partial charge on any atom is 0.0783 e. The predicted molar refractivity (Wildman–Crippen MR) is 73.2 cm³/mol. The van der Waals surface area contributed by atoms with Gasteiger partial charge in [-0.05, 0) is 37.4 Å². The molecule has 1 atom stereocenters. The van der Waals surface area contributed by atoms with Crippen molar-refractivity contribution < 1.29 is 5.11 Å².